The molecular weight excluding hydrogens is 276 g/mol. The van der Waals surface area contributed by atoms with E-state index in [4.69, 9.17) is 0 Å². The van der Waals surface area contributed by atoms with Crippen LogP contribution >= 0.6 is 0 Å². The van der Waals surface area contributed by atoms with E-state index in [1.807, 2.05) is 25.1 Å². The number of nitrogens with zero attached hydrogens (tertiary/aromatic N) is 3. The fraction of sp³-hybridized carbons (Fsp3) is 0.412. The Morgan fingerprint density at radius 1 is 1.27 bits per heavy atom. The number of aromatic nitrogens is 2. The molecule has 0 radical (unpaired) electrons. The van der Waals surface area contributed by atoms with Gasteiger partial charge < -0.3 is 15.3 Å². The first-order chi connectivity index (χ1) is 10.6. The average molecular weight is 298 g/mol. The molecule has 1 saturated heterocycles. The molecule has 1 aromatic carbocycles. The number of para-hydroxylation sites is 1. The van der Waals surface area contributed by atoms with E-state index in [-0.39, 0.29) is 5.75 Å². The molecule has 1 atom stereocenters. The van der Waals surface area contributed by atoms with Crippen LogP contribution in [0.15, 0.2) is 30.3 Å². The minimum absolute atomic E-state index is 0.231. The third kappa shape index (κ3) is 3.20. The normalized spacial score (nSPS) is 19.1. The molecule has 2 N–H and O–H groups in total. The Bertz CT molecular complexity index is 659. The summed E-state index contributed by atoms with van der Waals surface area (Å²) >= 11 is 0. The molecule has 3 rings (SSSR count). The van der Waals surface area contributed by atoms with Gasteiger partial charge in [-0.25, -0.2) is 0 Å². The molecule has 5 heteroatoms. The predicted octanol–water partition coefficient (Wildman–Crippen LogP) is 2.66. The highest BCUT2D eigenvalue weighted by molar-refractivity contribution is 5.69. The van der Waals surface area contributed by atoms with Crippen LogP contribution in [0.2, 0.25) is 0 Å². The summed E-state index contributed by atoms with van der Waals surface area (Å²) in [7, 11) is 2.14. The molecule has 116 valence electrons. The van der Waals surface area contributed by atoms with Gasteiger partial charge in [-0.1, -0.05) is 12.1 Å². The lowest BCUT2D eigenvalue weighted by Gasteiger charge is -2.30. The number of likely N-dealkylation sites (N-methyl/N-ethyl adjacent to an activating group) is 1. The van der Waals surface area contributed by atoms with Crippen LogP contribution in [-0.2, 0) is 0 Å². The van der Waals surface area contributed by atoms with Gasteiger partial charge in [-0.2, -0.15) is 0 Å². The van der Waals surface area contributed by atoms with E-state index in [9.17, 15) is 5.11 Å². The summed E-state index contributed by atoms with van der Waals surface area (Å²) < 4.78 is 0. The Hall–Kier alpha value is -2.14. The van der Waals surface area contributed by atoms with Gasteiger partial charge in [0.05, 0.1) is 5.69 Å². The van der Waals surface area contributed by atoms with Crippen molar-refractivity contribution in [1.29, 1.82) is 0 Å². The minimum Gasteiger partial charge on any atom is -0.507 e. The van der Waals surface area contributed by atoms with Gasteiger partial charge in [-0.15, -0.1) is 10.2 Å². The van der Waals surface area contributed by atoms with Gasteiger partial charge in [0, 0.05) is 18.2 Å². The second kappa shape index (κ2) is 6.32. The second-order valence-corrected chi connectivity index (χ2v) is 6.02. The number of nitrogens with one attached hydrogen (secondary N) is 1. The maximum absolute atomic E-state index is 9.96. The molecular formula is C17H22N4O. The smallest absolute Gasteiger partial charge is 0.149 e. The number of likely N-dealkylation sites (tertiary alicyclic amines) is 1. The molecule has 2 heterocycles. The maximum Gasteiger partial charge on any atom is 0.149 e. The van der Waals surface area contributed by atoms with Gasteiger partial charge in [0.2, 0.25) is 0 Å². The van der Waals surface area contributed by atoms with Crippen LogP contribution in [0.1, 0.15) is 18.4 Å². The number of benzene rings is 1. The van der Waals surface area contributed by atoms with E-state index < -0.39 is 0 Å². The molecule has 0 spiro atoms. The number of aromatic hydroxyl groups is 1. The average Bonchev–Trinajstić information content (AvgIpc) is 2.49. The Balaban J connectivity index is 1.79. The number of phenols is 1. The number of rotatable bonds is 3. The topological polar surface area (TPSA) is 61.3 Å². The maximum atomic E-state index is 9.96. The predicted molar refractivity (Wildman–Crippen MR) is 88.0 cm³/mol. The van der Waals surface area contributed by atoms with E-state index in [1.165, 1.54) is 6.42 Å². The molecule has 1 fully saturated rings. The van der Waals surface area contributed by atoms with Crippen molar-refractivity contribution in [2.24, 2.45) is 0 Å². The van der Waals surface area contributed by atoms with E-state index in [1.54, 1.807) is 12.1 Å². The van der Waals surface area contributed by atoms with E-state index >= 15 is 0 Å². The zero-order valence-electron chi connectivity index (χ0n) is 13.1. The first-order valence-electron chi connectivity index (χ1n) is 7.71. The highest BCUT2D eigenvalue weighted by Gasteiger charge is 2.18. The SMILES string of the molecule is Cc1cc(N[C@@H]2CCCN(C)C2)nnc1-c1ccccc1O. The first kappa shape index (κ1) is 14.8. The zero-order valence-corrected chi connectivity index (χ0v) is 13.1. The monoisotopic (exact) mass is 298 g/mol. The van der Waals surface area contributed by atoms with E-state index in [0.29, 0.717) is 6.04 Å². The number of anilines is 1. The fourth-order valence-electron chi connectivity index (χ4n) is 2.99. The Morgan fingerprint density at radius 3 is 2.82 bits per heavy atom. The van der Waals surface area contributed by atoms with Crippen LogP contribution in [0.4, 0.5) is 5.82 Å². The number of piperidine rings is 1. The largest absolute Gasteiger partial charge is 0.507 e. The summed E-state index contributed by atoms with van der Waals surface area (Å²) in [5, 5.41) is 22.0. The van der Waals surface area contributed by atoms with Crippen molar-refractivity contribution in [2.75, 3.05) is 25.5 Å². The van der Waals surface area contributed by atoms with Crippen molar-refractivity contribution in [1.82, 2.24) is 15.1 Å². The number of hydrogen-bond acceptors (Lipinski definition) is 5. The summed E-state index contributed by atoms with van der Waals surface area (Å²) in [6, 6.07) is 9.64. The summed E-state index contributed by atoms with van der Waals surface area (Å²) in [5.74, 6) is 1.03. The van der Waals surface area contributed by atoms with Crippen molar-refractivity contribution >= 4 is 5.82 Å². The Labute approximate surface area is 131 Å². The highest BCUT2D eigenvalue weighted by Crippen LogP contribution is 2.29. The van der Waals surface area contributed by atoms with Crippen LogP contribution < -0.4 is 5.32 Å². The Morgan fingerprint density at radius 2 is 2.09 bits per heavy atom. The van der Waals surface area contributed by atoms with Crippen LogP contribution in [0, 0.1) is 6.92 Å². The highest BCUT2D eigenvalue weighted by atomic mass is 16.3. The minimum atomic E-state index is 0.231. The molecule has 0 unspecified atom stereocenters. The second-order valence-electron chi connectivity index (χ2n) is 6.02. The molecule has 0 amide bonds. The number of hydrogen-bond donors (Lipinski definition) is 2. The molecule has 1 aliphatic heterocycles. The van der Waals surface area contributed by atoms with E-state index in [2.05, 4.69) is 27.5 Å². The third-order valence-corrected chi connectivity index (χ3v) is 4.12. The molecule has 0 saturated carbocycles. The van der Waals surface area contributed by atoms with Gasteiger partial charge in [0.1, 0.15) is 11.6 Å². The first-order valence-corrected chi connectivity index (χ1v) is 7.71. The van der Waals surface area contributed by atoms with Crippen LogP contribution in [0.5, 0.6) is 5.75 Å². The lowest BCUT2D eigenvalue weighted by molar-refractivity contribution is 0.260. The quantitative estimate of drug-likeness (QED) is 0.912. The molecule has 1 aromatic heterocycles. The molecule has 22 heavy (non-hydrogen) atoms. The Kier molecular flexibility index (Phi) is 4.24. The van der Waals surface area contributed by atoms with Crippen LogP contribution in [0.3, 0.4) is 0 Å². The molecule has 0 bridgehead atoms. The molecule has 0 aliphatic carbocycles. The van der Waals surface area contributed by atoms with Crippen molar-refractivity contribution in [3.05, 3.63) is 35.9 Å². The van der Waals surface area contributed by atoms with Gasteiger partial charge in [0.25, 0.3) is 0 Å². The van der Waals surface area contributed by atoms with Crippen LogP contribution in [-0.4, -0.2) is 46.4 Å². The third-order valence-electron chi connectivity index (χ3n) is 4.12. The van der Waals surface area contributed by atoms with Crippen LogP contribution in [0.25, 0.3) is 11.3 Å². The van der Waals surface area contributed by atoms with Gasteiger partial charge in [-0.3, -0.25) is 0 Å². The summed E-state index contributed by atoms with van der Waals surface area (Å²) in [6.07, 6.45) is 2.36. The van der Waals surface area contributed by atoms with Crippen molar-refractivity contribution < 1.29 is 5.11 Å². The lowest BCUT2D eigenvalue weighted by Crippen LogP contribution is -2.39. The lowest BCUT2D eigenvalue weighted by atomic mass is 10.1. The van der Waals surface area contributed by atoms with E-state index in [0.717, 1.165) is 42.1 Å². The summed E-state index contributed by atoms with van der Waals surface area (Å²) in [4.78, 5) is 2.33. The number of aryl methyl sites for hydroxylation is 1. The standard InChI is InChI=1S/C17H22N4O/c1-12-10-16(18-13-6-5-9-21(2)11-13)19-20-17(12)14-7-3-4-8-15(14)22/h3-4,7-8,10,13,22H,5-6,9,11H2,1-2H3,(H,18,19)/t13-/m1/s1. The van der Waals surface area contributed by atoms with Gasteiger partial charge >= 0.3 is 0 Å². The van der Waals surface area contributed by atoms with Crippen molar-refractivity contribution in [3.63, 3.8) is 0 Å². The summed E-state index contributed by atoms with van der Waals surface area (Å²) in [5.41, 5.74) is 2.45. The summed E-state index contributed by atoms with van der Waals surface area (Å²) in [6.45, 7) is 4.19. The van der Waals surface area contributed by atoms with Gasteiger partial charge in [0.15, 0.2) is 0 Å². The van der Waals surface area contributed by atoms with Crippen molar-refractivity contribution in [3.8, 4) is 17.0 Å². The molecule has 5 nitrogen and oxygen atoms in total. The fourth-order valence-corrected chi connectivity index (χ4v) is 2.99. The number of phenolic OH excluding ortho intramolecular Hbond substituents is 1. The molecule has 2 aromatic rings. The molecule has 1 aliphatic rings. The zero-order chi connectivity index (χ0) is 15.5. The van der Waals surface area contributed by atoms with Crippen molar-refractivity contribution in [2.45, 2.75) is 25.8 Å². The van der Waals surface area contributed by atoms with Gasteiger partial charge in [-0.05, 0) is 57.1 Å².